The Morgan fingerprint density at radius 2 is 2.33 bits per heavy atom. The number of nitrogens with two attached hydrogens (primary N) is 1. The number of imidazole rings is 1. The fraction of sp³-hybridized carbons (Fsp3) is 0.273. The molecule has 0 aromatic carbocycles. The van der Waals surface area contributed by atoms with Crippen molar-refractivity contribution in [3.63, 3.8) is 0 Å². The quantitative estimate of drug-likeness (QED) is 0.849. The highest BCUT2D eigenvalue weighted by atomic mass is 16.6. The second-order valence-corrected chi connectivity index (χ2v) is 3.49. The van der Waals surface area contributed by atoms with Gasteiger partial charge in [-0.2, -0.15) is 0 Å². The van der Waals surface area contributed by atoms with E-state index in [1.807, 2.05) is 6.92 Å². The summed E-state index contributed by atoms with van der Waals surface area (Å²) >= 11 is 0. The van der Waals surface area contributed by atoms with Crippen LogP contribution >= 0.6 is 0 Å². The molecule has 0 aliphatic carbocycles. The van der Waals surface area contributed by atoms with E-state index < -0.39 is 6.09 Å². The molecule has 0 radical (unpaired) electrons. The molecule has 7 nitrogen and oxygen atoms in total. The van der Waals surface area contributed by atoms with Crippen LogP contribution in [0.4, 0.5) is 10.7 Å². The highest BCUT2D eigenvalue weighted by molar-refractivity contribution is 5.71. The number of carbonyl (C=O) groups excluding carboxylic acids is 1. The maximum Gasteiger partial charge on any atom is 0.412 e. The van der Waals surface area contributed by atoms with Crippen LogP contribution in [0.2, 0.25) is 0 Å². The number of anilines is 1. The van der Waals surface area contributed by atoms with Crippen molar-refractivity contribution in [3.05, 3.63) is 18.5 Å². The lowest BCUT2D eigenvalue weighted by Gasteiger charge is -2.11. The second-order valence-electron chi connectivity index (χ2n) is 3.49. The number of hydrogen-bond donors (Lipinski definition) is 2. The monoisotopic (exact) mass is 250 g/mol. The Labute approximate surface area is 104 Å². The Balaban J connectivity index is 2.48. The van der Waals surface area contributed by atoms with E-state index in [0.29, 0.717) is 18.3 Å². The van der Waals surface area contributed by atoms with Gasteiger partial charge < -0.3 is 20.5 Å². The lowest BCUT2D eigenvalue weighted by atomic mass is 10.3. The van der Waals surface area contributed by atoms with E-state index in [2.05, 4.69) is 10.3 Å². The second kappa shape index (κ2) is 4.82. The molecular formula is C11H14N4O3. The minimum atomic E-state index is -0.575. The molecule has 0 aliphatic rings. The van der Waals surface area contributed by atoms with Crippen LogP contribution < -0.4 is 20.5 Å². The van der Waals surface area contributed by atoms with E-state index in [0.717, 1.165) is 5.52 Å². The molecule has 2 heterocycles. The normalized spacial score (nSPS) is 10.3. The van der Waals surface area contributed by atoms with E-state index >= 15 is 0 Å². The summed E-state index contributed by atoms with van der Waals surface area (Å²) in [4.78, 5) is 15.2. The lowest BCUT2D eigenvalue weighted by molar-refractivity contribution is 0.199. The van der Waals surface area contributed by atoms with Gasteiger partial charge in [-0.25, -0.2) is 9.78 Å². The number of fused-ring (bicyclic) bond motifs is 1. The Hall–Kier alpha value is -2.44. The molecule has 0 spiro atoms. The molecule has 2 rings (SSSR count). The minimum Gasteiger partial charge on any atom is -0.490 e. The fourth-order valence-corrected chi connectivity index (χ4v) is 1.52. The van der Waals surface area contributed by atoms with E-state index in [1.54, 1.807) is 22.9 Å². The van der Waals surface area contributed by atoms with Gasteiger partial charge in [0.2, 0.25) is 5.95 Å². The van der Waals surface area contributed by atoms with Crippen molar-refractivity contribution in [2.75, 3.05) is 19.4 Å². The van der Waals surface area contributed by atoms with Crippen LogP contribution in [0.3, 0.4) is 0 Å². The molecule has 18 heavy (non-hydrogen) atoms. The smallest absolute Gasteiger partial charge is 0.412 e. The van der Waals surface area contributed by atoms with Crippen LogP contribution in [0.5, 0.6) is 11.5 Å². The van der Waals surface area contributed by atoms with Gasteiger partial charge in [-0.15, -0.1) is 0 Å². The standard InChI is InChI=1S/C11H14N4O3/c1-3-17-8-4-7-5-14-10(12)15(7)6-9(8)18-11(16)13-2/h4-6H,3H2,1-2H3,(H2,12,14)(H,13,16). The molecular weight excluding hydrogens is 236 g/mol. The summed E-state index contributed by atoms with van der Waals surface area (Å²) in [6.07, 6.45) is 2.60. The van der Waals surface area contributed by atoms with Crippen LogP contribution in [0, 0.1) is 0 Å². The number of pyridine rings is 1. The predicted octanol–water partition coefficient (Wildman–Crippen LogP) is 1.03. The Bertz CT molecular complexity index is 579. The highest BCUT2D eigenvalue weighted by Crippen LogP contribution is 2.29. The summed E-state index contributed by atoms with van der Waals surface area (Å²) in [5.74, 6) is 1.07. The van der Waals surface area contributed by atoms with E-state index in [-0.39, 0.29) is 5.75 Å². The highest BCUT2D eigenvalue weighted by Gasteiger charge is 2.12. The van der Waals surface area contributed by atoms with Crippen molar-refractivity contribution in [2.24, 2.45) is 0 Å². The number of nitrogens with one attached hydrogen (secondary N) is 1. The van der Waals surface area contributed by atoms with Gasteiger partial charge in [-0.3, -0.25) is 4.40 Å². The first kappa shape index (κ1) is 12.0. The molecule has 2 aromatic rings. The topological polar surface area (TPSA) is 90.9 Å². The van der Waals surface area contributed by atoms with Crippen molar-refractivity contribution < 1.29 is 14.3 Å². The van der Waals surface area contributed by atoms with Crippen molar-refractivity contribution in [1.29, 1.82) is 0 Å². The van der Waals surface area contributed by atoms with E-state index in [4.69, 9.17) is 15.2 Å². The molecule has 3 N–H and O–H groups in total. The number of nitrogen functional groups attached to an aromatic ring is 1. The first-order valence-corrected chi connectivity index (χ1v) is 5.44. The molecule has 0 unspecified atom stereocenters. The zero-order chi connectivity index (χ0) is 13.1. The number of rotatable bonds is 3. The Morgan fingerprint density at radius 1 is 1.56 bits per heavy atom. The molecule has 0 fully saturated rings. The first-order chi connectivity index (χ1) is 8.65. The van der Waals surface area contributed by atoms with E-state index in [1.165, 1.54) is 7.05 Å². The molecule has 7 heteroatoms. The minimum absolute atomic E-state index is 0.286. The van der Waals surface area contributed by atoms with Crippen LogP contribution in [0.1, 0.15) is 6.92 Å². The van der Waals surface area contributed by atoms with Crippen molar-refractivity contribution in [2.45, 2.75) is 6.92 Å². The molecule has 96 valence electrons. The van der Waals surface area contributed by atoms with Gasteiger partial charge in [-0.05, 0) is 6.92 Å². The third-order valence-electron chi connectivity index (χ3n) is 2.33. The average Bonchev–Trinajstić information content (AvgIpc) is 2.71. The maximum atomic E-state index is 11.3. The van der Waals surface area contributed by atoms with Gasteiger partial charge in [0.25, 0.3) is 0 Å². The number of aromatic nitrogens is 2. The van der Waals surface area contributed by atoms with Gasteiger partial charge in [0.1, 0.15) is 0 Å². The summed E-state index contributed by atoms with van der Waals surface area (Å²) in [5.41, 5.74) is 6.45. The van der Waals surface area contributed by atoms with Crippen molar-refractivity contribution in [3.8, 4) is 11.5 Å². The lowest BCUT2D eigenvalue weighted by Crippen LogP contribution is -2.22. The summed E-state index contributed by atoms with van der Waals surface area (Å²) in [7, 11) is 1.48. The first-order valence-electron chi connectivity index (χ1n) is 5.44. The number of amides is 1. The third-order valence-corrected chi connectivity index (χ3v) is 2.33. The zero-order valence-electron chi connectivity index (χ0n) is 10.1. The number of ether oxygens (including phenoxy) is 2. The summed E-state index contributed by atoms with van der Waals surface area (Å²) in [5, 5.41) is 2.37. The molecule has 2 aromatic heterocycles. The largest absolute Gasteiger partial charge is 0.490 e. The molecule has 0 atom stereocenters. The Morgan fingerprint density at radius 3 is 3.00 bits per heavy atom. The van der Waals surface area contributed by atoms with Gasteiger partial charge in [-0.1, -0.05) is 0 Å². The molecule has 0 saturated carbocycles. The number of hydrogen-bond acceptors (Lipinski definition) is 5. The van der Waals surface area contributed by atoms with Crippen LogP contribution in [0.15, 0.2) is 18.5 Å². The van der Waals surface area contributed by atoms with Gasteiger partial charge in [0.05, 0.1) is 24.5 Å². The summed E-state index contributed by atoms with van der Waals surface area (Å²) < 4.78 is 12.1. The third kappa shape index (κ3) is 2.15. The average molecular weight is 250 g/mol. The molecule has 0 aliphatic heterocycles. The summed E-state index contributed by atoms with van der Waals surface area (Å²) in [6, 6.07) is 1.71. The van der Waals surface area contributed by atoms with Gasteiger partial charge >= 0.3 is 6.09 Å². The predicted molar refractivity (Wildman–Crippen MR) is 65.9 cm³/mol. The van der Waals surface area contributed by atoms with Crippen molar-refractivity contribution >= 4 is 17.6 Å². The van der Waals surface area contributed by atoms with Crippen molar-refractivity contribution in [1.82, 2.24) is 14.7 Å². The zero-order valence-corrected chi connectivity index (χ0v) is 10.1. The van der Waals surface area contributed by atoms with Crippen LogP contribution in [-0.2, 0) is 0 Å². The number of nitrogens with zero attached hydrogens (tertiary/aromatic N) is 2. The molecule has 0 saturated heterocycles. The molecule has 1 amide bonds. The maximum absolute atomic E-state index is 11.3. The van der Waals surface area contributed by atoms with Crippen LogP contribution in [0.25, 0.3) is 5.52 Å². The van der Waals surface area contributed by atoms with Gasteiger partial charge in [0, 0.05) is 13.1 Å². The van der Waals surface area contributed by atoms with Gasteiger partial charge in [0.15, 0.2) is 11.5 Å². The van der Waals surface area contributed by atoms with Crippen LogP contribution in [-0.4, -0.2) is 29.1 Å². The number of carbonyl (C=O) groups is 1. The SMILES string of the molecule is CCOc1cc2cnc(N)n2cc1OC(=O)NC. The Kier molecular flexibility index (Phi) is 3.22. The fourth-order valence-electron chi connectivity index (χ4n) is 1.52. The summed E-state index contributed by atoms with van der Waals surface area (Å²) in [6.45, 7) is 2.31. The molecule has 0 bridgehead atoms. The van der Waals surface area contributed by atoms with E-state index in [9.17, 15) is 4.79 Å².